The van der Waals surface area contributed by atoms with Crippen LogP contribution in [0.3, 0.4) is 0 Å². The van der Waals surface area contributed by atoms with Crippen LogP contribution < -0.4 is 0 Å². The topological polar surface area (TPSA) is 32.8 Å². The van der Waals surface area contributed by atoms with Crippen molar-refractivity contribution in [2.24, 2.45) is 0 Å². The smallest absolute Gasteiger partial charge is 0.416 e. The third-order valence-electron chi connectivity index (χ3n) is 4.31. The van der Waals surface area contributed by atoms with Gasteiger partial charge in [0.1, 0.15) is 0 Å². The normalized spacial score (nSPS) is 16.4. The first-order chi connectivity index (χ1) is 11.7. The number of halogens is 3. The lowest BCUT2D eigenvalue weighted by Crippen LogP contribution is -2.49. The SMILES string of the molecule is CCc1cccc(C(F)(F)F)c1CN1CCN(C(=O)OC(C)C)CC1. The average molecular weight is 358 g/mol. The Morgan fingerprint density at radius 3 is 2.36 bits per heavy atom. The molecule has 140 valence electrons. The summed E-state index contributed by atoms with van der Waals surface area (Å²) in [5.41, 5.74) is 0.501. The number of rotatable bonds is 4. The van der Waals surface area contributed by atoms with E-state index in [2.05, 4.69) is 0 Å². The van der Waals surface area contributed by atoms with Crippen LogP contribution in [0, 0.1) is 0 Å². The van der Waals surface area contributed by atoms with E-state index in [1.165, 1.54) is 6.07 Å². The first-order valence-electron chi connectivity index (χ1n) is 8.58. The summed E-state index contributed by atoms with van der Waals surface area (Å²) in [5.74, 6) is 0. The molecule has 0 radical (unpaired) electrons. The van der Waals surface area contributed by atoms with Crippen LogP contribution in [0.15, 0.2) is 18.2 Å². The fourth-order valence-corrected chi connectivity index (χ4v) is 3.01. The van der Waals surface area contributed by atoms with Crippen molar-refractivity contribution in [1.29, 1.82) is 0 Å². The zero-order chi connectivity index (χ0) is 18.6. The second-order valence-corrected chi connectivity index (χ2v) is 6.49. The number of hydrogen-bond acceptors (Lipinski definition) is 3. The standard InChI is InChI=1S/C18H25F3N2O2/c1-4-14-6-5-7-16(18(19,20)21)15(14)12-22-8-10-23(11-9-22)17(24)25-13(2)3/h5-7,13H,4,8-12H2,1-3H3. The molecule has 7 heteroatoms. The molecule has 1 saturated heterocycles. The Kier molecular flexibility index (Phi) is 6.32. The number of piperazine rings is 1. The van der Waals surface area contributed by atoms with Gasteiger partial charge in [-0.15, -0.1) is 0 Å². The van der Waals surface area contributed by atoms with Crippen LogP contribution in [0.2, 0.25) is 0 Å². The van der Waals surface area contributed by atoms with Gasteiger partial charge in [-0.2, -0.15) is 13.2 Å². The van der Waals surface area contributed by atoms with Gasteiger partial charge in [0, 0.05) is 32.7 Å². The molecule has 0 atom stereocenters. The zero-order valence-electron chi connectivity index (χ0n) is 14.9. The number of ether oxygens (including phenoxy) is 1. The molecule has 0 aliphatic carbocycles. The van der Waals surface area contributed by atoms with E-state index < -0.39 is 11.7 Å². The molecule has 1 heterocycles. The highest BCUT2D eigenvalue weighted by Crippen LogP contribution is 2.34. The first-order valence-corrected chi connectivity index (χ1v) is 8.58. The highest BCUT2D eigenvalue weighted by atomic mass is 19.4. The maximum absolute atomic E-state index is 13.3. The third-order valence-corrected chi connectivity index (χ3v) is 4.31. The summed E-state index contributed by atoms with van der Waals surface area (Å²) in [7, 11) is 0. The Morgan fingerprint density at radius 1 is 1.20 bits per heavy atom. The molecule has 1 aliphatic heterocycles. The van der Waals surface area contributed by atoms with Gasteiger partial charge in [0.2, 0.25) is 0 Å². The predicted octanol–water partition coefficient (Wildman–Crippen LogP) is 3.93. The molecule has 1 fully saturated rings. The van der Waals surface area contributed by atoms with Crippen molar-refractivity contribution in [3.63, 3.8) is 0 Å². The maximum Gasteiger partial charge on any atom is 0.416 e. The molecule has 1 aromatic rings. The van der Waals surface area contributed by atoms with Gasteiger partial charge in [-0.1, -0.05) is 19.1 Å². The lowest BCUT2D eigenvalue weighted by Gasteiger charge is -2.35. The minimum Gasteiger partial charge on any atom is -0.447 e. The van der Waals surface area contributed by atoms with Gasteiger partial charge in [0.15, 0.2) is 0 Å². The summed E-state index contributed by atoms with van der Waals surface area (Å²) in [6, 6.07) is 4.36. The fourth-order valence-electron chi connectivity index (χ4n) is 3.01. The highest BCUT2D eigenvalue weighted by Gasteiger charge is 2.34. The molecule has 0 saturated carbocycles. The summed E-state index contributed by atoms with van der Waals surface area (Å²) in [6.45, 7) is 7.65. The van der Waals surface area contributed by atoms with Gasteiger partial charge in [0.25, 0.3) is 0 Å². The van der Waals surface area contributed by atoms with Gasteiger partial charge >= 0.3 is 12.3 Å². The van der Waals surface area contributed by atoms with E-state index in [1.54, 1.807) is 24.8 Å². The predicted molar refractivity (Wildman–Crippen MR) is 89.3 cm³/mol. The van der Waals surface area contributed by atoms with Crippen molar-refractivity contribution in [2.75, 3.05) is 26.2 Å². The summed E-state index contributed by atoms with van der Waals surface area (Å²) < 4.78 is 45.1. The van der Waals surface area contributed by atoms with Crippen molar-refractivity contribution in [2.45, 2.75) is 46.0 Å². The number of aryl methyl sites for hydroxylation is 1. The Bertz CT molecular complexity index is 594. The van der Waals surface area contributed by atoms with Crippen molar-refractivity contribution in [3.8, 4) is 0 Å². The molecule has 0 spiro atoms. The molecule has 2 rings (SSSR count). The number of carbonyl (C=O) groups excluding carboxylic acids is 1. The molecule has 0 N–H and O–H groups in total. The van der Waals surface area contributed by atoms with Crippen molar-refractivity contribution in [1.82, 2.24) is 9.80 Å². The largest absolute Gasteiger partial charge is 0.447 e. The zero-order valence-corrected chi connectivity index (χ0v) is 14.9. The Morgan fingerprint density at radius 2 is 1.84 bits per heavy atom. The van der Waals surface area contributed by atoms with Crippen LogP contribution >= 0.6 is 0 Å². The van der Waals surface area contributed by atoms with E-state index in [0.29, 0.717) is 38.2 Å². The van der Waals surface area contributed by atoms with Gasteiger partial charge in [-0.3, -0.25) is 4.90 Å². The minimum atomic E-state index is -4.36. The number of benzene rings is 1. The molecule has 0 aromatic heterocycles. The van der Waals surface area contributed by atoms with Crippen LogP contribution in [-0.2, 0) is 23.9 Å². The number of carbonyl (C=O) groups is 1. The molecule has 0 unspecified atom stereocenters. The third kappa shape index (κ3) is 5.11. The lowest BCUT2D eigenvalue weighted by molar-refractivity contribution is -0.138. The van der Waals surface area contributed by atoms with Gasteiger partial charge in [0.05, 0.1) is 11.7 Å². The molecule has 1 aromatic carbocycles. The molecular formula is C18H25F3N2O2. The molecule has 0 bridgehead atoms. The molecule has 1 amide bonds. The Labute approximate surface area is 146 Å². The van der Waals surface area contributed by atoms with E-state index in [9.17, 15) is 18.0 Å². The van der Waals surface area contributed by atoms with E-state index in [0.717, 1.165) is 11.6 Å². The second kappa shape index (κ2) is 8.08. The first kappa shape index (κ1) is 19.6. The molecule has 4 nitrogen and oxygen atoms in total. The average Bonchev–Trinajstić information content (AvgIpc) is 2.54. The molecule has 25 heavy (non-hydrogen) atoms. The molecule has 1 aliphatic rings. The van der Waals surface area contributed by atoms with Crippen molar-refractivity contribution in [3.05, 3.63) is 34.9 Å². The van der Waals surface area contributed by atoms with E-state index in [1.807, 2.05) is 11.8 Å². The lowest BCUT2D eigenvalue weighted by atomic mass is 9.98. The minimum absolute atomic E-state index is 0.184. The quantitative estimate of drug-likeness (QED) is 0.818. The van der Waals surface area contributed by atoms with Crippen LogP contribution in [0.5, 0.6) is 0 Å². The monoisotopic (exact) mass is 358 g/mol. The Hall–Kier alpha value is -1.76. The van der Waals surface area contributed by atoms with Crippen LogP contribution in [0.1, 0.15) is 37.5 Å². The summed E-state index contributed by atoms with van der Waals surface area (Å²) in [4.78, 5) is 15.5. The number of nitrogens with zero attached hydrogens (tertiary/aromatic N) is 2. The van der Waals surface area contributed by atoms with Gasteiger partial charge in [-0.25, -0.2) is 4.79 Å². The highest BCUT2D eigenvalue weighted by molar-refractivity contribution is 5.67. The number of alkyl halides is 3. The van der Waals surface area contributed by atoms with Crippen LogP contribution in [0.25, 0.3) is 0 Å². The van der Waals surface area contributed by atoms with Gasteiger partial charge < -0.3 is 9.64 Å². The van der Waals surface area contributed by atoms with E-state index >= 15 is 0 Å². The summed E-state index contributed by atoms with van der Waals surface area (Å²) >= 11 is 0. The molecular weight excluding hydrogens is 333 g/mol. The second-order valence-electron chi connectivity index (χ2n) is 6.49. The van der Waals surface area contributed by atoms with Crippen LogP contribution in [0.4, 0.5) is 18.0 Å². The van der Waals surface area contributed by atoms with Crippen molar-refractivity contribution < 1.29 is 22.7 Å². The number of amides is 1. The Balaban J connectivity index is 2.06. The van der Waals surface area contributed by atoms with Crippen molar-refractivity contribution >= 4 is 6.09 Å². The van der Waals surface area contributed by atoms with E-state index in [-0.39, 0.29) is 18.7 Å². The van der Waals surface area contributed by atoms with E-state index in [4.69, 9.17) is 4.74 Å². The van der Waals surface area contributed by atoms with Gasteiger partial charge in [-0.05, 0) is 37.5 Å². The fraction of sp³-hybridized carbons (Fsp3) is 0.611. The summed E-state index contributed by atoms with van der Waals surface area (Å²) in [5, 5.41) is 0. The number of hydrogen-bond donors (Lipinski definition) is 0. The maximum atomic E-state index is 13.3. The van der Waals surface area contributed by atoms with Crippen LogP contribution in [-0.4, -0.2) is 48.2 Å². The summed E-state index contributed by atoms with van der Waals surface area (Å²) in [6.07, 6.45) is -4.35.